The van der Waals surface area contributed by atoms with Crippen molar-refractivity contribution < 1.29 is 14.1 Å². The lowest BCUT2D eigenvalue weighted by molar-refractivity contribution is 0.0376. The van der Waals surface area contributed by atoms with Gasteiger partial charge in [0.2, 0.25) is 5.76 Å². The summed E-state index contributed by atoms with van der Waals surface area (Å²) in [4.78, 5) is 21.9. The van der Waals surface area contributed by atoms with E-state index in [1.807, 2.05) is 19.1 Å². The highest BCUT2D eigenvalue weighted by molar-refractivity contribution is 7.22. The first-order valence-corrected chi connectivity index (χ1v) is 10.3. The highest BCUT2D eigenvalue weighted by Gasteiger charge is 2.24. The van der Waals surface area contributed by atoms with Crippen LogP contribution in [0, 0.1) is 13.8 Å². The number of aromatic nitrogens is 2. The molecule has 0 bridgehead atoms. The molecule has 4 rings (SSSR count). The van der Waals surface area contributed by atoms with E-state index in [0.717, 1.165) is 49.5 Å². The highest BCUT2D eigenvalue weighted by atomic mass is 32.1. The quantitative estimate of drug-likeness (QED) is 0.632. The standard InChI is InChI=1S/C20H24N4O3S/c1-14-4-5-16-18(12-14)28-20(21-16)24(19(25)17-13-15(2)22-27-17)7-3-6-23-8-10-26-11-9-23/h4-5,12-13H,3,6-11H2,1-2H3. The number of ether oxygens (including phenoxy) is 1. The second-order valence-corrected chi connectivity index (χ2v) is 8.07. The van der Waals surface area contributed by atoms with Gasteiger partial charge in [-0.05, 0) is 38.0 Å². The highest BCUT2D eigenvalue weighted by Crippen LogP contribution is 2.30. The molecule has 1 amide bonds. The Kier molecular flexibility index (Phi) is 5.70. The van der Waals surface area contributed by atoms with Crippen molar-refractivity contribution in [2.45, 2.75) is 20.3 Å². The first kappa shape index (κ1) is 19.0. The Morgan fingerprint density at radius 1 is 1.25 bits per heavy atom. The molecule has 8 heteroatoms. The van der Waals surface area contributed by atoms with E-state index in [9.17, 15) is 4.79 Å². The molecule has 2 aromatic heterocycles. The summed E-state index contributed by atoms with van der Waals surface area (Å²) in [6.07, 6.45) is 0.855. The van der Waals surface area contributed by atoms with E-state index < -0.39 is 0 Å². The van der Waals surface area contributed by atoms with Gasteiger partial charge in [0.05, 0.1) is 29.1 Å². The van der Waals surface area contributed by atoms with Crippen LogP contribution < -0.4 is 4.90 Å². The molecule has 0 radical (unpaired) electrons. The number of nitrogens with zero attached hydrogens (tertiary/aromatic N) is 4. The average Bonchev–Trinajstić information content (AvgIpc) is 3.31. The van der Waals surface area contributed by atoms with Crippen LogP contribution in [0.2, 0.25) is 0 Å². The van der Waals surface area contributed by atoms with Gasteiger partial charge in [0.15, 0.2) is 5.13 Å². The third-order valence-corrected chi connectivity index (χ3v) is 5.85. The van der Waals surface area contributed by atoms with Crippen molar-refractivity contribution in [1.29, 1.82) is 0 Å². The SMILES string of the molecule is Cc1ccc2nc(N(CCCN3CCOCC3)C(=O)c3cc(C)no3)sc2c1. The lowest BCUT2D eigenvalue weighted by Crippen LogP contribution is -2.39. The fraction of sp³-hybridized carbons (Fsp3) is 0.450. The maximum absolute atomic E-state index is 13.1. The molecule has 0 saturated carbocycles. The van der Waals surface area contributed by atoms with Gasteiger partial charge in [-0.3, -0.25) is 14.6 Å². The van der Waals surface area contributed by atoms with Crippen molar-refractivity contribution in [2.75, 3.05) is 44.3 Å². The summed E-state index contributed by atoms with van der Waals surface area (Å²) in [5.41, 5.74) is 2.78. The maximum atomic E-state index is 13.1. The molecule has 1 aliphatic heterocycles. The Morgan fingerprint density at radius 3 is 2.82 bits per heavy atom. The Labute approximate surface area is 167 Å². The molecule has 0 aliphatic carbocycles. The first-order valence-electron chi connectivity index (χ1n) is 9.52. The van der Waals surface area contributed by atoms with Crippen LogP contribution in [-0.4, -0.2) is 60.3 Å². The van der Waals surface area contributed by atoms with Gasteiger partial charge in [-0.25, -0.2) is 4.98 Å². The molecule has 1 saturated heterocycles. The van der Waals surface area contributed by atoms with Crippen molar-refractivity contribution in [1.82, 2.24) is 15.0 Å². The zero-order valence-corrected chi connectivity index (χ0v) is 17.0. The molecule has 0 N–H and O–H groups in total. The van der Waals surface area contributed by atoms with Crippen molar-refractivity contribution in [3.8, 4) is 0 Å². The number of carbonyl (C=O) groups is 1. The van der Waals surface area contributed by atoms with E-state index in [1.54, 1.807) is 11.0 Å². The fourth-order valence-corrected chi connectivity index (χ4v) is 4.38. The zero-order chi connectivity index (χ0) is 19.5. The molecule has 7 nitrogen and oxygen atoms in total. The molecule has 0 unspecified atom stereocenters. The van der Waals surface area contributed by atoms with E-state index >= 15 is 0 Å². The van der Waals surface area contributed by atoms with Crippen LogP contribution in [-0.2, 0) is 4.74 Å². The fourth-order valence-electron chi connectivity index (χ4n) is 3.29. The number of hydrogen-bond donors (Lipinski definition) is 0. The number of benzene rings is 1. The van der Waals surface area contributed by atoms with E-state index in [1.165, 1.54) is 16.9 Å². The van der Waals surface area contributed by atoms with Crippen LogP contribution in [0.25, 0.3) is 10.2 Å². The van der Waals surface area contributed by atoms with Gasteiger partial charge < -0.3 is 9.26 Å². The van der Waals surface area contributed by atoms with Gasteiger partial charge in [0, 0.05) is 32.2 Å². The molecule has 1 aromatic carbocycles. The third-order valence-electron chi connectivity index (χ3n) is 4.81. The molecule has 3 aromatic rings. The molecule has 1 aliphatic rings. The summed E-state index contributed by atoms with van der Waals surface area (Å²) < 4.78 is 11.7. The van der Waals surface area contributed by atoms with Crippen LogP contribution in [0.15, 0.2) is 28.8 Å². The van der Waals surface area contributed by atoms with E-state index in [4.69, 9.17) is 14.2 Å². The summed E-state index contributed by atoms with van der Waals surface area (Å²) >= 11 is 1.53. The van der Waals surface area contributed by atoms with E-state index in [0.29, 0.717) is 17.4 Å². The Balaban J connectivity index is 1.55. The number of morpholine rings is 1. The van der Waals surface area contributed by atoms with Crippen molar-refractivity contribution in [3.63, 3.8) is 0 Å². The summed E-state index contributed by atoms with van der Waals surface area (Å²) in [5, 5.41) is 4.56. The molecule has 3 heterocycles. The van der Waals surface area contributed by atoms with Crippen molar-refractivity contribution >= 4 is 32.6 Å². The number of thiazole rings is 1. The van der Waals surface area contributed by atoms with Crippen LogP contribution >= 0.6 is 11.3 Å². The van der Waals surface area contributed by atoms with Gasteiger partial charge in [0.1, 0.15) is 0 Å². The molecule has 0 spiro atoms. The molecule has 28 heavy (non-hydrogen) atoms. The Morgan fingerprint density at radius 2 is 2.07 bits per heavy atom. The predicted molar refractivity (Wildman–Crippen MR) is 109 cm³/mol. The topological polar surface area (TPSA) is 71.7 Å². The van der Waals surface area contributed by atoms with Gasteiger partial charge >= 0.3 is 0 Å². The number of rotatable bonds is 6. The lowest BCUT2D eigenvalue weighted by Gasteiger charge is -2.27. The minimum atomic E-state index is -0.196. The number of carbonyl (C=O) groups excluding carboxylic acids is 1. The average molecular weight is 401 g/mol. The summed E-state index contributed by atoms with van der Waals surface area (Å²) in [5.74, 6) is 0.0534. The normalized spacial score (nSPS) is 15.2. The second-order valence-electron chi connectivity index (χ2n) is 7.06. The zero-order valence-electron chi connectivity index (χ0n) is 16.2. The Bertz CT molecular complexity index is 961. The van der Waals surface area contributed by atoms with Gasteiger partial charge in [-0.2, -0.15) is 0 Å². The van der Waals surface area contributed by atoms with E-state index in [-0.39, 0.29) is 11.7 Å². The number of aryl methyl sites for hydroxylation is 2. The maximum Gasteiger partial charge on any atom is 0.298 e. The predicted octanol–water partition coefficient (Wildman–Crippen LogP) is 3.27. The summed E-state index contributed by atoms with van der Waals surface area (Å²) in [6, 6.07) is 7.82. The largest absolute Gasteiger partial charge is 0.379 e. The molecule has 1 fully saturated rings. The van der Waals surface area contributed by atoms with Crippen molar-refractivity contribution in [2.24, 2.45) is 0 Å². The Hall–Kier alpha value is -2.29. The van der Waals surface area contributed by atoms with E-state index in [2.05, 4.69) is 23.0 Å². The van der Waals surface area contributed by atoms with Crippen LogP contribution in [0.4, 0.5) is 5.13 Å². The summed E-state index contributed by atoms with van der Waals surface area (Å²) in [6.45, 7) is 8.80. The monoisotopic (exact) mass is 400 g/mol. The van der Waals surface area contributed by atoms with Crippen LogP contribution in [0.1, 0.15) is 28.2 Å². The van der Waals surface area contributed by atoms with Crippen molar-refractivity contribution in [3.05, 3.63) is 41.3 Å². The first-order chi connectivity index (χ1) is 13.6. The summed E-state index contributed by atoms with van der Waals surface area (Å²) in [7, 11) is 0. The third kappa shape index (κ3) is 4.24. The second kappa shape index (κ2) is 8.38. The number of amides is 1. The minimum absolute atomic E-state index is 0.196. The molecule has 0 atom stereocenters. The van der Waals surface area contributed by atoms with Gasteiger partial charge in [0.25, 0.3) is 5.91 Å². The molecular weight excluding hydrogens is 376 g/mol. The number of anilines is 1. The smallest absolute Gasteiger partial charge is 0.298 e. The number of hydrogen-bond acceptors (Lipinski definition) is 7. The molecule has 148 valence electrons. The lowest BCUT2D eigenvalue weighted by atomic mass is 10.2. The molecular formula is C20H24N4O3S. The van der Waals surface area contributed by atoms with Gasteiger partial charge in [-0.15, -0.1) is 0 Å². The van der Waals surface area contributed by atoms with Gasteiger partial charge in [-0.1, -0.05) is 22.6 Å². The van der Waals surface area contributed by atoms with Crippen LogP contribution in [0.3, 0.4) is 0 Å². The minimum Gasteiger partial charge on any atom is -0.379 e. The van der Waals surface area contributed by atoms with Crippen LogP contribution in [0.5, 0.6) is 0 Å². The number of fused-ring (bicyclic) bond motifs is 1.